The molecule has 26 heavy (non-hydrogen) atoms. The summed E-state index contributed by atoms with van der Waals surface area (Å²) in [7, 11) is -3.98. The number of ether oxygens (including phenoxy) is 1. The van der Waals surface area contributed by atoms with Crippen molar-refractivity contribution in [2.24, 2.45) is 0 Å². The molecule has 0 aliphatic heterocycles. The van der Waals surface area contributed by atoms with Crippen molar-refractivity contribution in [1.29, 1.82) is 0 Å². The number of nitrogens with one attached hydrogen (secondary N) is 2. The number of anilines is 1. The molecule has 2 aromatic carbocycles. The minimum absolute atomic E-state index is 0.0645. The lowest BCUT2D eigenvalue weighted by molar-refractivity contribution is -0.146. The van der Waals surface area contributed by atoms with Crippen LogP contribution in [0, 0.1) is 0 Å². The van der Waals surface area contributed by atoms with E-state index in [4.69, 9.17) is 27.9 Å². The van der Waals surface area contributed by atoms with Crippen LogP contribution in [0.2, 0.25) is 10.0 Å². The molecule has 1 amide bonds. The van der Waals surface area contributed by atoms with Crippen LogP contribution in [0.3, 0.4) is 0 Å². The fraction of sp³-hybridized carbons (Fsp3) is 0.125. The van der Waals surface area contributed by atoms with Crippen LogP contribution in [0.4, 0.5) is 5.69 Å². The molecule has 2 aromatic rings. The molecule has 0 aromatic heterocycles. The monoisotopic (exact) mass is 416 g/mol. The van der Waals surface area contributed by atoms with Crippen molar-refractivity contribution >= 4 is 50.8 Å². The van der Waals surface area contributed by atoms with Gasteiger partial charge in [0.25, 0.3) is 5.91 Å². The van der Waals surface area contributed by atoms with E-state index in [0.717, 1.165) is 6.07 Å². The molecule has 2 rings (SSSR count). The topological polar surface area (TPSA) is 102 Å². The molecular weight excluding hydrogens is 403 g/mol. The molecule has 0 atom stereocenters. The van der Waals surface area contributed by atoms with Gasteiger partial charge in [-0.15, -0.1) is 0 Å². The molecule has 0 bridgehead atoms. The van der Waals surface area contributed by atoms with E-state index in [1.54, 1.807) is 30.3 Å². The van der Waals surface area contributed by atoms with Crippen LogP contribution in [-0.2, 0) is 24.3 Å². The smallest absolute Gasteiger partial charge is 0.321 e. The third kappa shape index (κ3) is 5.99. The highest BCUT2D eigenvalue weighted by Crippen LogP contribution is 2.24. The Morgan fingerprint density at radius 2 is 1.69 bits per heavy atom. The first-order valence-corrected chi connectivity index (χ1v) is 9.47. The van der Waals surface area contributed by atoms with Crippen molar-refractivity contribution in [3.63, 3.8) is 0 Å². The molecule has 0 saturated carbocycles. The molecular formula is C16H14Cl2N2O5S. The zero-order chi connectivity index (χ0) is 19.2. The minimum Gasteiger partial charge on any atom is -0.455 e. The van der Waals surface area contributed by atoms with Crippen molar-refractivity contribution < 1.29 is 22.7 Å². The molecule has 7 nitrogen and oxygen atoms in total. The van der Waals surface area contributed by atoms with Crippen LogP contribution in [0.5, 0.6) is 0 Å². The molecule has 2 N–H and O–H groups in total. The van der Waals surface area contributed by atoms with Crippen molar-refractivity contribution in [1.82, 2.24) is 4.72 Å². The Balaban J connectivity index is 1.82. The van der Waals surface area contributed by atoms with Crippen LogP contribution in [0.25, 0.3) is 0 Å². The van der Waals surface area contributed by atoms with Crippen LogP contribution in [0.15, 0.2) is 53.4 Å². The van der Waals surface area contributed by atoms with Gasteiger partial charge in [0.05, 0.1) is 14.9 Å². The van der Waals surface area contributed by atoms with Gasteiger partial charge in [-0.25, -0.2) is 8.42 Å². The predicted molar refractivity (Wildman–Crippen MR) is 97.7 cm³/mol. The number of hydrogen-bond acceptors (Lipinski definition) is 5. The Morgan fingerprint density at radius 1 is 1.00 bits per heavy atom. The van der Waals surface area contributed by atoms with E-state index in [-0.39, 0.29) is 14.9 Å². The number of para-hydroxylation sites is 1. The first-order valence-electron chi connectivity index (χ1n) is 7.23. The summed E-state index contributed by atoms with van der Waals surface area (Å²) in [6.45, 7) is -1.18. The number of amides is 1. The Bertz CT molecular complexity index is 904. The highest BCUT2D eigenvalue weighted by Gasteiger charge is 2.18. The van der Waals surface area contributed by atoms with Gasteiger partial charge >= 0.3 is 5.97 Å². The fourth-order valence-electron chi connectivity index (χ4n) is 1.80. The number of esters is 1. The van der Waals surface area contributed by atoms with Crippen molar-refractivity contribution in [2.45, 2.75) is 4.90 Å². The van der Waals surface area contributed by atoms with E-state index in [1.165, 1.54) is 12.1 Å². The molecule has 0 aliphatic rings. The average molecular weight is 417 g/mol. The normalized spacial score (nSPS) is 11.0. The number of rotatable bonds is 7. The molecule has 138 valence electrons. The molecule has 10 heteroatoms. The van der Waals surface area contributed by atoms with Gasteiger partial charge in [-0.2, -0.15) is 4.72 Å². The van der Waals surface area contributed by atoms with Crippen LogP contribution in [0.1, 0.15) is 0 Å². The summed E-state index contributed by atoms with van der Waals surface area (Å²) < 4.78 is 30.9. The lowest BCUT2D eigenvalue weighted by Crippen LogP contribution is -2.32. The molecule has 0 heterocycles. The highest BCUT2D eigenvalue weighted by atomic mass is 35.5. The number of halogens is 2. The second-order valence-corrected chi connectivity index (χ2v) is 7.56. The van der Waals surface area contributed by atoms with E-state index in [1.807, 2.05) is 0 Å². The van der Waals surface area contributed by atoms with Gasteiger partial charge in [0, 0.05) is 5.69 Å². The SMILES string of the molecule is O=C(COC(=O)CNS(=O)(=O)c1ccc(Cl)c(Cl)c1)Nc1ccccc1. The summed E-state index contributed by atoms with van der Waals surface area (Å²) in [5.41, 5.74) is 0.550. The number of sulfonamides is 1. The Kier molecular flexibility index (Phi) is 6.98. The van der Waals surface area contributed by atoms with Crippen LogP contribution < -0.4 is 10.0 Å². The summed E-state index contributed by atoms with van der Waals surface area (Å²) in [4.78, 5) is 23.1. The second-order valence-electron chi connectivity index (χ2n) is 4.98. The number of hydrogen-bond donors (Lipinski definition) is 2. The summed E-state index contributed by atoms with van der Waals surface area (Å²) in [5.74, 6) is -1.45. The van der Waals surface area contributed by atoms with Gasteiger partial charge in [0.15, 0.2) is 6.61 Å². The average Bonchev–Trinajstić information content (AvgIpc) is 2.61. The maximum absolute atomic E-state index is 12.1. The number of carbonyl (C=O) groups excluding carboxylic acids is 2. The van der Waals surface area contributed by atoms with Crippen molar-refractivity contribution in [2.75, 3.05) is 18.5 Å². The third-order valence-corrected chi connectivity index (χ3v) is 5.17. The van der Waals surface area contributed by atoms with Gasteiger partial charge in [-0.05, 0) is 30.3 Å². The minimum atomic E-state index is -3.98. The van der Waals surface area contributed by atoms with Gasteiger partial charge in [-0.1, -0.05) is 41.4 Å². The predicted octanol–water partition coefficient (Wildman–Crippen LogP) is 2.45. The van der Waals surface area contributed by atoms with Gasteiger partial charge in [-0.3, -0.25) is 9.59 Å². The number of carbonyl (C=O) groups is 2. The first-order chi connectivity index (χ1) is 12.3. The summed E-state index contributed by atoms with van der Waals surface area (Å²) in [6.07, 6.45) is 0. The van der Waals surface area contributed by atoms with E-state index < -0.39 is 35.1 Å². The third-order valence-electron chi connectivity index (χ3n) is 3.03. The zero-order valence-electron chi connectivity index (χ0n) is 13.2. The second kappa shape index (κ2) is 9.00. The van der Waals surface area contributed by atoms with Crippen molar-refractivity contribution in [3.05, 3.63) is 58.6 Å². The summed E-state index contributed by atoms with van der Waals surface area (Å²) >= 11 is 11.5. The lowest BCUT2D eigenvalue weighted by Gasteiger charge is -2.08. The maximum Gasteiger partial charge on any atom is 0.321 e. The van der Waals surface area contributed by atoms with E-state index in [9.17, 15) is 18.0 Å². The molecule has 0 fully saturated rings. The standard InChI is InChI=1S/C16H14Cl2N2O5S/c17-13-7-6-12(8-14(13)18)26(23,24)19-9-16(22)25-10-15(21)20-11-4-2-1-3-5-11/h1-8,19H,9-10H2,(H,20,21). The zero-order valence-corrected chi connectivity index (χ0v) is 15.6. The molecule has 0 spiro atoms. The Hall–Kier alpha value is -2.13. The number of benzene rings is 2. The van der Waals surface area contributed by atoms with E-state index in [0.29, 0.717) is 5.69 Å². The Morgan fingerprint density at radius 3 is 2.35 bits per heavy atom. The first kappa shape index (κ1) is 20.2. The largest absolute Gasteiger partial charge is 0.455 e. The highest BCUT2D eigenvalue weighted by molar-refractivity contribution is 7.89. The van der Waals surface area contributed by atoms with Gasteiger partial charge < -0.3 is 10.1 Å². The fourth-order valence-corrected chi connectivity index (χ4v) is 3.15. The molecule has 0 unspecified atom stereocenters. The molecule has 0 aliphatic carbocycles. The molecule has 0 saturated heterocycles. The quantitative estimate of drug-likeness (QED) is 0.674. The van der Waals surface area contributed by atoms with E-state index in [2.05, 4.69) is 10.0 Å². The molecule has 0 radical (unpaired) electrons. The Labute approximate surface area is 160 Å². The lowest BCUT2D eigenvalue weighted by atomic mass is 10.3. The van der Waals surface area contributed by atoms with Gasteiger partial charge in [0.2, 0.25) is 10.0 Å². The van der Waals surface area contributed by atoms with Gasteiger partial charge in [0.1, 0.15) is 6.54 Å². The van der Waals surface area contributed by atoms with Crippen LogP contribution in [-0.4, -0.2) is 33.4 Å². The van der Waals surface area contributed by atoms with Crippen LogP contribution >= 0.6 is 23.2 Å². The van der Waals surface area contributed by atoms with E-state index >= 15 is 0 Å². The summed E-state index contributed by atoms with van der Waals surface area (Å²) in [6, 6.07) is 12.3. The maximum atomic E-state index is 12.1. The summed E-state index contributed by atoms with van der Waals surface area (Å²) in [5, 5.41) is 2.79. The van der Waals surface area contributed by atoms with Crippen molar-refractivity contribution in [3.8, 4) is 0 Å².